The Morgan fingerprint density at radius 1 is 1.15 bits per heavy atom. The number of carbonyl (C=O) groups is 2. The minimum Gasteiger partial charge on any atom is -0.352 e. The number of fused-ring (bicyclic) bond motifs is 3. The maximum absolute atomic E-state index is 12.5. The van der Waals surface area contributed by atoms with E-state index in [1.165, 1.54) is 11.1 Å². The maximum Gasteiger partial charge on any atom is 0.246 e. The first-order valence-electron chi connectivity index (χ1n) is 8.74. The van der Waals surface area contributed by atoms with Crippen LogP contribution >= 0.6 is 0 Å². The lowest BCUT2D eigenvalue weighted by Crippen LogP contribution is -2.26. The zero-order valence-electron chi connectivity index (χ0n) is 14.9. The van der Waals surface area contributed by atoms with Crippen LogP contribution in [0.4, 0.5) is 0 Å². The van der Waals surface area contributed by atoms with E-state index in [2.05, 4.69) is 35.9 Å². The van der Waals surface area contributed by atoms with E-state index < -0.39 is 0 Å². The highest BCUT2D eigenvalue weighted by molar-refractivity contribution is 5.98. The van der Waals surface area contributed by atoms with Gasteiger partial charge in [0.2, 0.25) is 5.91 Å². The Kier molecular flexibility index (Phi) is 5.34. The van der Waals surface area contributed by atoms with Gasteiger partial charge in [0.1, 0.15) is 0 Å². The van der Waals surface area contributed by atoms with Gasteiger partial charge in [0, 0.05) is 36.1 Å². The van der Waals surface area contributed by atoms with Crippen LogP contribution in [0.2, 0.25) is 0 Å². The van der Waals surface area contributed by atoms with Gasteiger partial charge in [-0.2, -0.15) is 0 Å². The summed E-state index contributed by atoms with van der Waals surface area (Å²) in [7, 11) is 0. The zero-order chi connectivity index (χ0) is 18.5. The van der Waals surface area contributed by atoms with Crippen LogP contribution in [0.5, 0.6) is 0 Å². The minimum absolute atomic E-state index is 0.00744. The summed E-state index contributed by atoms with van der Waals surface area (Å²) >= 11 is 0. The van der Waals surface area contributed by atoms with Gasteiger partial charge in [-0.3, -0.25) is 9.59 Å². The van der Waals surface area contributed by atoms with E-state index >= 15 is 0 Å². The summed E-state index contributed by atoms with van der Waals surface area (Å²) in [5.74, 6) is 6.17. The standard InChI is InChI=1S/C23H21NO2/c1-16(2)23(26)24-14-13-22(25)19-11-12-21-18(15-19)9-4-3-7-17-8-5-6-10-20(17)21/h5-6,8,10-12,15H,1,3,7,13-14H2,2H3,(H,24,26). The van der Waals surface area contributed by atoms with Crippen LogP contribution in [0.1, 0.15) is 41.3 Å². The van der Waals surface area contributed by atoms with Crippen molar-refractivity contribution in [3.63, 3.8) is 0 Å². The first-order valence-corrected chi connectivity index (χ1v) is 8.74. The first-order chi connectivity index (χ1) is 12.6. The molecule has 3 heteroatoms. The number of aryl methyl sites for hydroxylation is 1. The van der Waals surface area contributed by atoms with Gasteiger partial charge < -0.3 is 5.32 Å². The fourth-order valence-electron chi connectivity index (χ4n) is 3.00. The molecule has 0 unspecified atom stereocenters. The normalized spacial score (nSPS) is 11.7. The molecule has 0 saturated heterocycles. The molecule has 0 spiro atoms. The van der Waals surface area contributed by atoms with Crippen LogP contribution in [0.25, 0.3) is 11.1 Å². The molecule has 0 aliphatic heterocycles. The van der Waals surface area contributed by atoms with Gasteiger partial charge in [-0.15, -0.1) is 0 Å². The Bertz CT molecular complexity index is 944. The van der Waals surface area contributed by atoms with E-state index in [1.807, 2.05) is 30.3 Å². The number of hydrogen-bond donors (Lipinski definition) is 1. The predicted molar refractivity (Wildman–Crippen MR) is 104 cm³/mol. The number of Topliss-reactive ketones (excluding diaryl/α,β-unsaturated/α-hetero) is 1. The van der Waals surface area contributed by atoms with Gasteiger partial charge in [-0.05, 0) is 36.1 Å². The van der Waals surface area contributed by atoms with E-state index in [0.29, 0.717) is 17.7 Å². The maximum atomic E-state index is 12.5. The third kappa shape index (κ3) is 3.92. The van der Waals surface area contributed by atoms with Crippen molar-refractivity contribution in [2.24, 2.45) is 0 Å². The Hall–Kier alpha value is -3.12. The van der Waals surface area contributed by atoms with Crippen molar-refractivity contribution in [1.29, 1.82) is 0 Å². The molecule has 26 heavy (non-hydrogen) atoms. The van der Waals surface area contributed by atoms with Crippen molar-refractivity contribution in [2.45, 2.75) is 26.2 Å². The Balaban J connectivity index is 1.81. The molecule has 0 bridgehead atoms. The molecule has 1 aliphatic carbocycles. The van der Waals surface area contributed by atoms with Crippen molar-refractivity contribution in [3.8, 4) is 23.0 Å². The number of nitrogens with one attached hydrogen (secondary N) is 1. The van der Waals surface area contributed by atoms with Crippen molar-refractivity contribution in [3.05, 3.63) is 71.3 Å². The van der Waals surface area contributed by atoms with Gasteiger partial charge in [0.15, 0.2) is 5.78 Å². The minimum atomic E-state index is -0.224. The summed E-state index contributed by atoms with van der Waals surface area (Å²) < 4.78 is 0. The lowest BCUT2D eigenvalue weighted by molar-refractivity contribution is -0.117. The second-order valence-electron chi connectivity index (χ2n) is 6.43. The molecule has 1 aliphatic rings. The SMILES string of the molecule is C=C(C)C(=O)NCCC(=O)c1ccc2c(c1)C#CCCc1ccccc1-2. The van der Waals surface area contributed by atoms with Gasteiger partial charge in [-0.25, -0.2) is 0 Å². The number of amides is 1. The topological polar surface area (TPSA) is 46.2 Å². The van der Waals surface area contributed by atoms with E-state index in [9.17, 15) is 9.59 Å². The van der Waals surface area contributed by atoms with Gasteiger partial charge in [0.05, 0.1) is 0 Å². The Labute approximate surface area is 154 Å². The van der Waals surface area contributed by atoms with Crippen LogP contribution in [0, 0.1) is 11.8 Å². The molecule has 0 atom stereocenters. The van der Waals surface area contributed by atoms with Crippen molar-refractivity contribution in [1.82, 2.24) is 5.32 Å². The molecular formula is C23H21NO2. The highest BCUT2D eigenvalue weighted by Gasteiger charge is 2.14. The third-order valence-electron chi connectivity index (χ3n) is 4.42. The average Bonchev–Trinajstić information content (AvgIpc) is 2.63. The molecule has 0 heterocycles. The van der Waals surface area contributed by atoms with E-state index in [0.717, 1.165) is 24.0 Å². The molecule has 130 valence electrons. The molecule has 2 aromatic rings. The number of hydrogen-bond acceptors (Lipinski definition) is 2. The van der Waals surface area contributed by atoms with Gasteiger partial charge in [-0.1, -0.05) is 54.8 Å². The molecule has 3 rings (SSSR count). The summed E-state index contributed by atoms with van der Waals surface area (Å²) in [5, 5.41) is 2.69. The van der Waals surface area contributed by atoms with Crippen molar-refractivity contribution in [2.75, 3.05) is 6.54 Å². The zero-order valence-corrected chi connectivity index (χ0v) is 14.9. The van der Waals surface area contributed by atoms with Crippen LogP contribution < -0.4 is 5.32 Å². The summed E-state index contributed by atoms with van der Waals surface area (Å²) in [6.45, 7) is 5.53. The van der Waals surface area contributed by atoms with Crippen LogP contribution in [-0.4, -0.2) is 18.2 Å². The van der Waals surface area contributed by atoms with E-state index in [1.54, 1.807) is 6.92 Å². The van der Waals surface area contributed by atoms with Crippen LogP contribution in [0.3, 0.4) is 0 Å². The third-order valence-corrected chi connectivity index (χ3v) is 4.42. The van der Waals surface area contributed by atoms with Crippen molar-refractivity contribution < 1.29 is 9.59 Å². The van der Waals surface area contributed by atoms with Gasteiger partial charge >= 0.3 is 0 Å². The number of carbonyl (C=O) groups excluding carboxylic acids is 2. The molecule has 0 saturated carbocycles. The molecule has 1 amide bonds. The molecule has 2 aromatic carbocycles. The number of benzene rings is 2. The number of rotatable bonds is 5. The van der Waals surface area contributed by atoms with Crippen LogP contribution in [0.15, 0.2) is 54.6 Å². The first kappa shape index (κ1) is 17.7. The summed E-state index contributed by atoms with van der Waals surface area (Å²) in [6, 6.07) is 14.0. The summed E-state index contributed by atoms with van der Waals surface area (Å²) in [4.78, 5) is 24.0. The lowest BCUT2D eigenvalue weighted by Gasteiger charge is -2.14. The predicted octanol–water partition coefficient (Wildman–Crippen LogP) is 3.92. The number of ketones is 1. The average molecular weight is 343 g/mol. The monoisotopic (exact) mass is 343 g/mol. The molecule has 0 aromatic heterocycles. The smallest absolute Gasteiger partial charge is 0.246 e. The quantitative estimate of drug-likeness (QED) is 0.508. The molecule has 1 N–H and O–H groups in total. The molecular weight excluding hydrogens is 322 g/mol. The largest absolute Gasteiger partial charge is 0.352 e. The lowest BCUT2D eigenvalue weighted by atomic mass is 9.90. The van der Waals surface area contributed by atoms with E-state index in [4.69, 9.17) is 0 Å². The molecule has 0 fully saturated rings. The second kappa shape index (κ2) is 7.84. The Morgan fingerprint density at radius 3 is 2.77 bits per heavy atom. The highest BCUT2D eigenvalue weighted by Crippen LogP contribution is 2.29. The van der Waals surface area contributed by atoms with Crippen LogP contribution in [-0.2, 0) is 11.2 Å². The molecule has 0 radical (unpaired) electrons. The van der Waals surface area contributed by atoms with E-state index in [-0.39, 0.29) is 18.1 Å². The molecule has 3 nitrogen and oxygen atoms in total. The van der Waals surface area contributed by atoms with Gasteiger partial charge in [0.25, 0.3) is 0 Å². The summed E-state index contributed by atoms with van der Waals surface area (Å²) in [6.07, 6.45) is 2.00. The summed E-state index contributed by atoms with van der Waals surface area (Å²) in [5.41, 5.74) is 5.48. The fraction of sp³-hybridized carbons (Fsp3) is 0.217. The van der Waals surface area contributed by atoms with Crippen molar-refractivity contribution >= 4 is 11.7 Å². The highest BCUT2D eigenvalue weighted by atomic mass is 16.1. The Morgan fingerprint density at radius 2 is 1.96 bits per heavy atom. The second-order valence-corrected chi connectivity index (χ2v) is 6.43. The fourth-order valence-corrected chi connectivity index (χ4v) is 3.00.